The summed E-state index contributed by atoms with van der Waals surface area (Å²) in [5, 5.41) is 28.1. The predicted octanol–water partition coefficient (Wildman–Crippen LogP) is 12.2. The van der Waals surface area contributed by atoms with Gasteiger partial charge in [0.25, 0.3) is 0 Å². The SMILES string of the molecule is COc1cc(C=C(CCCCCCCCCCCCCCCCCCCCCCCCCCCCCCO)C(=O)O)ccc1O. The maximum atomic E-state index is 11.7. The molecule has 5 heteroatoms. The Hall–Kier alpha value is -2.01. The van der Waals surface area contributed by atoms with Crippen LogP contribution in [0.25, 0.3) is 6.08 Å². The highest BCUT2D eigenvalue weighted by atomic mass is 16.5. The number of rotatable bonds is 33. The number of aromatic hydroxyl groups is 1. The summed E-state index contributed by atoms with van der Waals surface area (Å²) in [6.07, 6.45) is 39.5. The fourth-order valence-electron chi connectivity index (χ4n) is 6.25. The number of aliphatic carboxylic acids is 1. The van der Waals surface area contributed by atoms with Crippen LogP contribution in [0, 0.1) is 0 Å². The van der Waals surface area contributed by atoms with Crippen molar-refractivity contribution in [2.24, 2.45) is 0 Å². The lowest BCUT2D eigenvalue weighted by Crippen LogP contribution is -2.00. The van der Waals surface area contributed by atoms with Gasteiger partial charge in [0.1, 0.15) is 0 Å². The van der Waals surface area contributed by atoms with E-state index in [2.05, 4.69) is 0 Å². The average molecular weight is 631 g/mol. The number of unbranched alkanes of at least 4 members (excludes halogenated alkanes) is 27. The van der Waals surface area contributed by atoms with Gasteiger partial charge in [-0.3, -0.25) is 0 Å². The summed E-state index contributed by atoms with van der Waals surface area (Å²) in [4.78, 5) is 11.7. The number of methoxy groups -OCH3 is 1. The zero-order valence-electron chi connectivity index (χ0n) is 29.2. The minimum Gasteiger partial charge on any atom is -0.504 e. The molecule has 0 unspecified atom stereocenters. The Kier molecular flexibility index (Phi) is 27.9. The van der Waals surface area contributed by atoms with Crippen LogP contribution in [0.15, 0.2) is 23.8 Å². The number of carboxylic acid groups (broad SMARTS) is 1. The lowest BCUT2D eigenvalue weighted by atomic mass is 10.0. The maximum absolute atomic E-state index is 11.7. The summed E-state index contributed by atoms with van der Waals surface area (Å²) in [7, 11) is 1.49. The number of aliphatic hydroxyl groups excluding tert-OH is 1. The zero-order chi connectivity index (χ0) is 32.6. The number of hydrogen-bond acceptors (Lipinski definition) is 4. The Morgan fingerprint density at radius 2 is 0.911 bits per heavy atom. The number of benzene rings is 1. The smallest absolute Gasteiger partial charge is 0.331 e. The van der Waals surface area contributed by atoms with Crippen LogP contribution < -0.4 is 4.74 Å². The molecule has 45 heavy (non-hydrogen) atoms. The van der Waals surface area contributed by atoms with Crippen LogP contribution in [0.3, 0.4) is 0 Å². The largest absolute Gasteiger partial charge is 0.504 e. The third-order valence-electron chi connectivity index (χ3n) is 9.17. The molecule has 1 aromatic carbocycles. The van der Waals surface area contributed by atoms with Gasteiger partial charge in [0, 0.05) is 12.2 Å². The number of phenolic OH excluding ortho intramolecular Hbond substituents is 1. The molecule has 0 spiro atoms. The van der Waals surface area contributed by atoms with Gasteiger partial charge in [-0.15, -0.1) is 0 Å². The minimum absolute atomic E-state index is 0.0549. The molecule has 0 heterocycles. The van der Waals surface area contributed by atoms with Gasteiger partial charge in [0.05, 0.1) is 7.11 Å². The van der Waals surface area contributed by atoms with E-state index >= 15 is 0 Å². The summed E-state index contributed by atoms with van der Waals surface area (Å²) in [5.74, 6) is -0.469. The summed E-state index contributed by atoms with van der Waals surface area (Å²) in [6, 6.07) is 4.90. The molecule has 1 rings (SSSR count). The van der Waals surface area contributed by atoms with Crippen LogP contribution in [0.2, 0.25) is 0 Å². The third-order valence-corrected chi connectivity index (χ3v) is 9.17. The Balaban J connectivity index is 1.81. The molecule has 0 aromatic heterocycles. The number of carboxylic acids is 1. The van der Waals surface area contributed by atoms with E-state index in [0.717, 1.165) is 24.8 Å². The molecular weight excluding hydrogens is 560 g/mol. The first-order valence-corrected chi connectivity index (χ1v) is 19.0. The van der Waals surface area contributed by atoms with Crippen molar-refractivity contribution >= 4 is 12.0 Å². The van der Waals surface area contributed by atoms with Gasteiger partial charge < -0.3 is 20.1 Å². The first-order chi connectivity index (χ1) is 22.1. The summed E-state index contributed by atoms with van der Waals surface area (Å²) >= 11 is 0. The molecule has 3 N–H and O–H groups in total. The molecule has 1 aromatic rings. The van der Waals surface area contributed by atoms with Gasteiger partial charge in [0.15, 0.2) is 11.5 Å². The predicted molar refractivity (Wildman–Crippen MR) is 191 cm³/mol. The second-order valence-electron chi connectivity index (χ2n) is 13.3. The summed E-state index contributed by atoms with van der Waals surface area (Å²) in [6.45, 7) is 0.358. The van der Waals surface area contributed by atoms with Gasteiger partial charge in [-0.1, -0.05) is 173 Å². The fourth-order valence-corrected chi connectivity index (χ4v) is 6.25. The van der Waals surface area contributed by atoms with Crippen LogP contribution in [-0.2, 0) is 4.79 Å². The number of aliphatic hydroxyl groups is 1. The molecule has 0 aliphatic heterocycles. The highest BCUT2D eigenvalue weighted by Crippen LogP contribution is 2.28. The number of phenols is 1. The molecule has 0 atom stereocenters. The van der Waals surface area contributed by atoms with Crippen LogP contribution in [0.1, 0.15) is 192 Å². The molecule has 0 bridgehead atoms. The second kappa shape index (κ2) is 30.6. The average Bonchev–Trinajstić information content (AvgIpc) is 3.04. The molecule has 260 valence electrons. The molecular formula is C40H70O5. The lowest BCUT2D eigenvalue weighted by molar-refractivity contribution is -0.132. The molecule has 0 aliphatic rings. The number of ether oxygens (including phenoxy) is 1. The molecule has 0 amide bonds. The van der Waals surface area contributed by atoms with Crippen molar-refractivity contribution < 1.29 is 24.9 Å². The molecule has 0 saturated carbocycles. The van der Waals surface area contributed by atoms with Gasteiger partial charge >= 0.3 is 5.97 Å². The van der Waals surface area contributed by atoms with E-state index in [9.17, 15) is 15.0 Å². The van der Waals surface area contributed by atoms with E-state index in [0.29, 0.717) is 24.4 Å². The Labute approximate surface area is 277 Å². The van der Waals surface area contributed by atoms with Crippen molar-refractivity contribution in [1.29, 1.82) is 0 Å². The standard InChI is InChI=1S/C40H70O5/c1-45-39-35-36(31-32-38(39)42)34-37(40(43)44)30-28-26-24-22-20-18-16-14-12-10-8-6-4-2-3-5-7-9-11-13-15-17-19-21-23-25-27-29-33-41/h31-32,34-35,41-42H,2-30,33H2,1H3,(H,43,44). The van der Waals surface area contributed by atoms with Crippen LogP contribution in [0.5, 0.6) is 11.5 Å². The topological polar surface area (TPSA) is 87.0 Å². The summed E-state index contributed by atoms with van der Waals surface area (Å²) in [5.41, 5.74) is 1.14. The van der Waals surface area contributed by atoms with E-state index in [1.165, 1.54) is 174 Å². The van der Waals surface area contributed by atoms with E-state index in [1.54, 1.807) is 18.2 Å². The van der Waals surface area contributed by atoms with Gasteiger partial charge in [-0.05, 0) is 43.0 Å². The zero-order valence-corrected chi connectivity index (χ0v) is 29.2. The highest BCUT2D eigenvalue weighted by Gasteiger charge is 2.09. The maximum Gasteiger partial charge on any atom is 0.331 e. The Bertz CT molecular complexity index is 849. The third kappa shape index (κ3) is 24.8. The molecule has 0 radical (unpaired) electrons. The monoisotopic (exact) mass is 631 g/mol. The molecule has 5 nitrogen and oxygen atoms in total. The number of carbonyl (C=O) groups is 1. The van der Waals surface area contributed by atoms with Gasteiger partial charge in [-0.2, -0.15) is 0 Å². The van der Waals surface area contributed by atoms with Crippen molar-refractivity contribution in [3.8, 4) is 11.5 Å². The van der Waals surface area contributed by atoms with Crippen molar-refractivity contribution in [1.82, 2.24) is 0 Å². The molecule has 0 saturated heterocycles. The quantitative estimate of drug-likeness (QED) is 0.0531. The minimum atomic E-state index is -0.877. The van der Waals surface area contributed by atoms with E-state index in [1.807, 2.05) is 0 Å². The highest BCUT2D eigenvalue weighted by molar-refractivity contribution is 5.92. The van der Waals surface area contributed by atoms with Crippen molar-refractivity contribution in [2.75, 3.05) is 13.7 Å². The van der Waals surface area contributed by atoms with Crippen LogP contribution in [-0.4, -0.2) is 35.0 Å². The van der Waals surface area contributed by atoms with E-state index in [-0.39, 0.29) is 5.75 Å². The van der Waals surface area contributed by atoms with Crippen LogP contribution >= 0.6 is 0 Å². The lowest BCUT2D eigenvalue weighted by Gasteiger charge is -2.06. The van der Waals surface area contributed by atoms with Gasteiger partial charge in [0.2, 0.25) is 0 Å². The molecule has 0 fully saturated rings. The van der Waals surface area contributed by atoms with Crippen molar-refractivity contribution in [3.63, 3.8) is 0 Å². The normalized spacial score (nSPS) is 11.7. The van der Waals surface area contributed by atoms with E-state index < -0.39 is 5.97 Å². The van der Waals surface area contributed by atoms with Crippen molar-refractivity contribution in [2.45, 2.75) is 186 Å². The van der Waals surface area contributed by atoms with Crippen LogP contribution in [0.4, 0.5) is 0 Å². The number of hydrogen-bond donors (Lipinski definition) is 3. The summed E-state index contributed by atoms with van der Waals surface area (Å²) < 4.78 is 5.12. The molecule has 0 aliphatic carbocycles. The first kappa shape index (κ1) is 41.0. The van der Waals surface area contributed by atoms with Gasteiger partial charge in [-0.25, -0.2) is 4.79 Å². The Morgan fingerprint density at radius 1 is 0.578 bits per heavy atom. The van der Waals surface area contributed by atoms with Crippen molar-refractivity contribution in [3.05, 3.63) is 29.3 Å². The van der Waals surface area contributed by atoms with E-state index in [4.69, 9.17) is 9.84 Å². The second-order valence-corrected chi connectivity index (χ2v) is 13.3. The first-order valence-electron chi connectivity index (χ1n) is 19.0. The fraction of sp³-hybridized carbons (Fsp3) is 0.775. The Morgan fingerprint density at radius 3 is 1.22 bits per heavy atom.